The Kier molecular flexibility index (Phi) is 4.36. The molecule has 0 bridgehead atoms. The molecule has 1 aliphatic heterocycles. The number of hydrogen-bond acceptors (Lipinski definition) is 4. The van der Waals surface area contributed by atoms with Gasteiger partial charge in [-0.3, -0.25) is 4.79 Å². The second kappa shape index (κ2) is 6.02. The third kappa shape index (κ3) is 2.97. The quantitative estimate of drug-likeness (QED) is 0.846. The van der Waals surface area contributed by atoms with Crippen molar-refractivity contribution in [3.63, 3.8) is 0 Å². The number of aliphatic hydroxyl groups excluding tert-OH is 1. The molecular formula is C14H17NO5. The average Bonchev–Trinajstić information content (AvgIpc) is 2.47. The zero-order valence-electron chi connectivity index (χ0n) is 11.2. The van der Waals surface area contributed by atoms with E-state index in [1.165, 1.54) is 12.1 Å². The fraction of sp³-hybridized carbons (Fsp3) is 0.429. The number of carbonyl (C=O) groups is 2. The summed E-state index contributed by atoms with van der Waals surface area (Å²) in [6.45, 7) is 2.36. The molecule has 1 aromatic carbocycles. The van der Waals surface area contributed by atoms with Gasteiger partial charge in [0.2, 0.25) is 0 Å². The Bertz CT molecular complexity index is 516. The normalized spacial score (nSPS) is 22.6. The first-order valence-corrected chi connectivity index (χ1v) is 6.39. The van der Waals surface area contributed by atoms with Crippen LogP contribution >= 0.6 is 0 Å². The van der Waals surface area contributed by atoms with E-state index in [1.54, 1.807) is 17.0 Å². The second-order valence-electron chi connectivity index (χ2n) is 4.83. The molecule has 1 saturated heterocycles. The number of amides is 1. The summed E-state index contributed by atoms with van der Waals surface area (Å²) in [6, 6.07) is 5.83. The van der Waals surface area contributed by atoms with Crippen molar-refractivity contribution >= 4 is 11.9 Å². The van der Waals surface area contributed by atoms with E-state index in [4.69, 9.17) is 14.9 Å². The lowest BCUT2D eigenvalue weighted by Crippen LogP contribution is -2.52. The number of hydrogen-bond donors (Lipinski definition) is 2. The fourth-order valence-electron chi connectivity index (χ4n) is 2.16. The van der Waals surface area contributed by atoms with Crippen LogP contribution in [-0.4, -0.2) is 58.9 Å². The minimum absolute atomic E-state index is 0.0791. The molecule has 6 nitrogen and oxygen atoms in total. The monoisotopic (exact) mass is 279 g/mol. The zero-order chi connectivity index (χ0) is 14.7. The highest BCUT2D eigenvalue weighted by atomic mass is 16.5. The molecule has 1 fully saturated rings. The standard InChI is InChI=1S/C14H17NO5/c1-9-8-20-12(7-16)6-15(9)13(17)10-3-2-4-11(5-10)14(18)19/h2-5,9,12,16H,6-8H2,1H3,(H,18,19). The lowest BCUT2D eigenvalue weighted by atomic mass is 10.1. The van der Waals surface area contributed by atoms with E-state index in [2.05, 4.69) is 0 Å². The van der Waals surface area contributed by atoms with Crippen LogP contribution in [0.2, 0.25) is 0 Å². The maximum Gasteiger partial charge on any atom is 0.335 e. The number of aromatic carboxylic acids is 1. The van der Waals surface area contributed by atoms with Crippen LogP contribution < -0.4 is 0 Å². The van der Waals surface area contributed by atoms with Crippen molar-refractivity contribution in [2.45, 2.75) is 19.1 Å². The molecule has 2 N–H and O–H groups in total. The molecule has 20 heavy (non-hydrogen) atoms. The summed E-state index contributed by atoms with van der Waals surface area (Å²) in [6.07, 6.45) is -0.391. The second-order valence-corrected chi connectivity index (χ2v) is 4.83. The van der Waals surface area contributed by atoms with Crippen LogP contribution in [-0.2, 0) is 4.74 Å². The average molecular weight is 279 g/mol. The van der Waals surface area contributed by atoms with Crippen LogP contribution in [0.4, 0.5) is 0 Å². The summed E-state index contributed by atoms with van der Waals surface area (Å²) in [5, 5.41) is 18.1. The first-order valence-electron chi connectivity index (χ1n) is 6.39. The van der Waals surface area contributed by atoms with Crippen molar-refractivity contribution < 1.29 is 24.5 Å². The molecule has 2 atom stereocenters. The molecule has 2 unspecified atom stereocenters. The van der Waals surface area contributed by atoms with Crippen LogP contribution in [0, 0.1) is 0 Å². The fourth-order valence-corrected chi connectivity index (χ4v) is 2.16. The third-order valence-corrected chi connectivity index (χ3v) is 3.33. The van der Waals surface area contributed by atoms with Gasteiger partial charge in [-0.05, 0) is 25.1 Å². The molecule has 1 aromatic rings. The van der Waals surface area contributed by atoms with Gasteiger partial charge in [0.1, 0.15) is 0 Å². The Balaban J connectivity index is 2.21. The number of nitrogens with zero attached hydrogens (tertiary/aromatic N) is 1. The molecule has 2 rings (SSSR count). The maximum absolute atomic E-state index is 12.4. The Morgan fingerprint density at radius 2 is 2.10 bits per heavy atom. The van der Waals surface area contributed by atoms with E-state index in [0.717, 1.165) is 0 Å². The van der Waals surface area contributed by atoms with Crippen molar-refractivity contribution in [2.24, 2.45) is 0 Å². The number of benzene rings is 1. The van der Waals surface area contributed by atoms with Gasteiger partial charge in [0.15, 0.2) is 0 Å². The molecule has 0 spiro atoms. The minimum Gasteiger partial charge on any atom is -0.478 e. The van der Waals surface area contributed by atoms with Crippen molar-refractivity contribution in [1.82, 2.24) is 4.90 Å². The molecule has 0 aromatic heterocycles. The first-order chi connectivity index (χ1) is 9.52. The summed E-state index contributed by atoms with van der Waals surface area (Å²) in [7, 11) is 0. The van der Waals surface area contributed by atoms with Crippen molar-refractivity contribution in [1.29, 1.82) is 0 Å². The number of rotatable bonds is 3. The molecule has 0 radical (unpaired) electrons. The predicted molar refractivity (Wildman–Crippen MR) is 70.7 cm³/mol. The minimum atomic E-state index is -1.07. The van der Waals surface area contributed by atoms with Gasteiger partial charge in [-0.2, -0.15) is 0 Å². The van der Waals surface area contributed by atoms with E-state index in [0.29, 0.717) is 18.7 Å². The number of carboxylic acid groups (broad SMARTS) is 1. The Labute approximate surface area is 116 Å². The third-order valence-electron chi connectivity index (χ3n) is 3.33. The van der Waals surface area contributed by atoms with Gasteiger partial charge in [0.05, 0.1) is 30.9 Å². The van der Waals surface area contributed by atoms with E-state index in [1.807, 2.05) is 6.92 Å². The Hall–Kier alpha value is -1.92. The van der Waals surface area contributed by atoms with Gasteiger partial charge in [-0.25, -0.2) is 4.79 Å². The van der Waals surface area contributed by atoms with Crippen LogP contribution in [0.1, 0.15) is 27.6 Å². The number of morpholine rings is 1. The number of aliphatic hydroxyl groups is 1. The smallest absolute Gasteiger partial charge is 0.335 e. The van der Waals surface area contributed by atoms with Gasteiger partial charge in [-0.15, -0.1) is 0 Å². The SMILES string of the molecule is CC1COC(CO)CN1C(=O)c1cccc(C(=O)O)c1. The molecular weight excluding hydrogens is 262 g/mol. The van der Waals surface area contributed by atoms with E-state index in [-0.39, 0.29) is 24.1 Å². The Morgan fingerprint density at radius 1 is 1.40 bits per heavy atom. The number of carboxylic acids is 1. The molecule has 1 amide bonds. The topological polar surface area (TPSA) is 87.1 Å². The predicted octanol–water partition coefficient (Wildman–Crippen LogP) is 0.607. The van der Waals surface area contributed by atoms with Crippen LogP contribution in [0.15, 0.2) is 24.3 Å². The van der Waals surface area contributed by atoms with Gasteiger partial charge in [-0.1, -0.05) is 6.07 Å². The summed E-state index contributed by atoms with van der Waals surface area (Å²) in [5.74, 6) is -1.31. The van der Waals surface area contributed by atoms with Crippen molar-refractivity contribution in [3.05, 3.63) is 35.4 Å². The molecule has 108 valence electrons. The highest BCUT2D eigenvalue weighted by molar-refractivity contribution is 5.97. The van der Waals surface area contributed by atoms with Gasteiger partial charge in [0, 0.05) is 12.1 Å². The lowest BCUT2D eigenvalue weighted by molar-refractivity contribution is -0.0667. The molecule has 1 heterocycles. The van der Waals surface area contributed by atoms with Crippen molar-refractivity contribution in [2.75, 3.05) is 19.8 Å². The highest BCUT2D eigenvalue weighted by Gasteiger charge is 2.30. The van der Waals surface area contributed by atoms with Gasteiger partial charge >= 0.3 is 5.97 Å². The largest absolute Gasteiger partial charge is 0.478 e. The highest BCUT2D eigenvalue weighted by Crippen LogP contribution is 2.16. The lowest BCUT2D eigenvalue weighted by Gasteiger charge is -2.37. The van der Waals surface area contributed by atoms with Gasteiger partial charge < -0.3 is 19.8 Å². The summed E-state index contributed by atoms with van der Waals surface area (Å²) in [5.41, 5.74) is 0.408. The summed E-state index contributed by atoms with van der Waals surface area (Å²) >= 11 is 0. The molecule has 1 aliphatic rings. The maximum atomic E-state index is 12.4. The van der Waals surface area contributed by atoms with Gasteiger partial charge in [0.25, 0.3) is 5.91 Å². The molecule has 6 heteroatoms. The molecule has 0 saturated carbocycles. The van der Waals surface area contributed by atoms with E-state index in [9.17, 15) is 9.59 Å². The van der Waals surface area contributed by atoms with Crippen LogP contribution in [0.25, 0.3) is 0 Å². The zero-order valence-corrected chi connectivity index (χ0v) is 11.2. The molecule has 0 aliphatic carbocycles. The number of carbonyl (C=O) groups excluding carboxylic acids is 1. The summed E-state index contributed by atoms with van der Waals surface area (Å²) < 4.78 is 5.38. The first kappa shape index (κ1) is 14.5. The van der Waals surface area contributed by atoms with Crippen LogP contribution in [0.5, 0.6) is 0 Å². The van der Waals surface area contributed by atoms with E-state index < -0.39 is 12.1 Å². The number of ether oxygens (including phenoxy) is 1. The van der Waals surface area contributed by atoms with E-state index >= 15 is 0 Å². The van der Waals surface area contributed by atoms with Crippen LogP contribution in [0.3, 0.4) is 0 Å². The van der Waals surface area contributed by atoms with Crippen molar-refractivity contribution in [3.8, 4) is 0 Å². The summed E-state index contributed by atoms with van der Waals surface area (Å²) in [4.78, 5) is 25.0. The Morgan fingerprint density at radius 3 is 2.75 bits per heavy atom.